The lowest BCUT2D eigenvalue weighted by molar-refractivity contribution is -0.119. The van der Waals surface area contributed by atoms with Gasteiger partial charge in [0.1, 0.15) is 0 Å². The topological polar surface area (TPSA) is 52.6 Å². The largest absolute Gasteiger partial charge is 0.396 e. The molecular weight excluding hydrogens is 276 g/mol. The third-order valence-corrected chi connectivity index (χ3v) is 4.54. The van der Waals surface area contributed by atoms with E-state index in [0.717, 1.165) is 50.1 Å². The lowest BCUT2D eigenvalue weighted by atomic mass is 9.97. The Balaban J connectivity index is 2.05. The first-order valence-corrected chi connectivity index (χ1v) is 8.41. The van der Waals surface area contributed by atoms with Crippen LogP contribution in [0.1, 0.15) is 39.5 Å². The molecule has 1 heterocycles. The molecule has 1 aromatic rings. The summed E-state index contributed by atoms with van der Waals surface area (Å²) in [6.07, 6.45) is 3.94. The van der Waals surface area contributed by atoms with Crippen molar-refractivity contribution in [2.75, 3.05) is 29.9 Å². The van der Waals surface area contributed by atoms with E-state index in [1.165, 1.54) is 0 Å². The summed E-state index contributed by atoms with van der Waals surface area (Å²) < 4.78 is 0. The van der Waals surface area contributed by atoms with E-state index >= 15 is 0 Å². The zero-order valence-corrected chi connectivity index (χ0v) is 13.7. The number of amides is 1. The number of piperidine rings is 1. The Labute approximate surface area is 133 Å². The van der Waals surface area contributed by atoms with Crippen LogP contribution in [-0.4, -0.2) is 30.7 Å². The zero-order valence-electron chi connectivity index (χ0n) is 13.7. The number of carbonyl (C=O) groups excluding carboxylic acids is 1. The molecule has 1 saturated heterocycles. The Bertz CT molecular complexity index is 482. The van der Waals surface area contributed by atoms with Crippen LogP contribution in [0, 0.1) is 11.8 Å². The highest BCUT2D eigenvalue weighted by Crippen LogP contribution is 2.30. The van der Waals surface area contributed by atoms with Crippen LogP contribution in [0.3, 0.4) is 0 Å². The summed E-state index contributed by atoms with van der Waals surface area (Å²) >= 11 is 0. The molecule has 0 aromatic heterocycles. The number of para-hydroxylation sites is 2. The molecule has 122 valence electrons. The van der Waals surface area contributed by atoms with Gasteiger partial charge in [-0.3, -0.25) is 4.79 Å². The first kappa shape index (κ1) is 16.8. The van der Waals surface area contributed by atoms with Crippen LogP contribution in [0.25, 0.3) is 0 Å². The zero-order chi connectivity index (χ0) is 15.9. The molecule has 0 aliphatic carbocycles. The SMILES string of the molecule is CCCC(C)C(=O)Nc1ccccc1N1CCC(CO)CC1. The predicted octanol–water partition coefficient (Wildman–Crippen LogP) is 3.27. The van der Waals surface area contributed by atoms with Gasteiger partial charge in [0.15, 0.2) is 0 Å². The van der Waals surface area contributed by atoms with Gasteiger partial charge in [0.05, 0.1) is 11.4 Å². The van der Waals surface area contributed by atoms with Crippen molar-refractivity contribution in [3.05, 3.63) is 24.3 Å². The van der Waals surface area contributed by atoms with Gasteiger partial charge in [-0.25, -0.2) is 0 Å². The highest BCUT2D eigenvalue weighted by atomic mass is 16.3. The van der Waals surface area contributed by atoms with E-state index in [-0.39, 0.29) is 18.4 Å². The van der Waals surface area contributed by atoms with E-state index in [2.05, 4.69) is 23.2 Å². The molecule has 1 fully saturated rings. The molecule has 0 bridgehead atoms. The van der Waals surface area contributed by atoms with Crippen LogP contribution < -0.4 is 10.2 Å². The molecule has 0 radical (unpaired) electrons. The molecule has 4 heteroatoms. The molecule has 1 aliphatic rings. The summed E-state index contributed by atoms with van der Waals surface area (Å²) in [6, 6.07) is 8.02. The molecule has 22 heavy (non-hydrogen) atoms. The van der Waals surface area contributed by atoms with E-state index in [9.17, 15) is 9.90 Å². The van der Waals surface area contributed by atoms with Gasteiger partial charge in [-0.1, -0.05) is 32.4 Å². The van der Waals surface area contributed by atoms with Crippen LogP contribution >= 0.6 is 0 Å². The number of nitrogens with one attached hydrogen (secondary N) is 1. The summed E-state index contributed by atoms with van der Waals surface area (Å²) in [5.74, 6) is 0.556. The maximum absolute atomic E-state index is 12.3. The molecule has 1 aromatic carbocycles. The van der Waals surface area contributed by atoms with Crippen molar-refractivity contribution in [3.63, 3.8) is 0 Å². The Morgan fingerprint density at radius 2 is 2.05 bits per heavy atom. The van der Waals surface area contributed by atoms with Gasteiger partial charge in [-0.15, -0.1) is 0 Å². The van der Waals surface area contributed by atoms with Crippen molar-refractivity contribution in [2.45, 2.75) is 39.5 Å². The van der Waals surface area contributed by atoms with Gasteiger partial charge < -0.3 is 15.3 Å². The Kier molecular flexibility index (Phi) is 6.25. The number of benzene rings is 1. The summed E-state index contributed by atoms with van der Waals surface area (Å²) in [6.45, 7) is 6.23. The van der Waals surface area contributed by atoms with Crippen molar-refractivity contribution in [1.82, 2.24) is 0 Å². The molecule has 1 aliphatic heterocycles. The summed E-state index contributed by atoms with van der Waals surface area (Å²) in [4.78, 5) is 14.6. The fraction of sp³-hybridized carbons (Fsp3) is 0.611. The van der Waals surface area contributed by atoms with Crippen molar-refractivity contribution >= 4 is 17.3 Å². The predicted molar refractivity (Wildman–Crippen MR) is 91.2 cm³/mol. The average molecular weight is 304 g/mol. The Morgan fingerprint density at radius 3 is 2.68 bits per heavy atom. The normalized spacial score (nSPS) is 17.3. The molecule has 2 N–H and O–H groups in total. The number of carbonyl (C=O) groups is 1. The van der Waals surface area contributed by atoms with Crippen LogP contribution in [-0.2, 0) is 4.79 Å². The summed E-state index contributed by atoms with van der Waals surface area (Å²) in [7, 11) is 0. The first-order valence-electron chi connectivity index (χ1n) is 8.41. The minimum atomic E-state index is 0.0400. The Hall–Kier alpha value is -1.55. The van der Waals surface area contributed by atoms with E-state index in [1.807, 2.05) is 25.1 Å². The third-order valence-electron chi connectivity index (χ3n) is 4.54. The van der Waals surface area contributed by atoms with Crippen molar-refractivity contribution in [1.29, 1.82) is 0 Å². The van der Waals surface area contributed by atoms with Gasteiger partial charge >= 0.3 is 0 Å². The summed E-state index contributed by atoms with van der Waals surface area (Å²) in [5.41, 5.74) is 1.99. The highest BCUT2D eigenvalue weighted by molar-refractivity contribution is 5.95. The van der Waals surface area contributed by atoms with E-state index in [1.54, 1.807) is 0 Å². The standard InChI is InChI=1S/C18H28N2O2/c1-3-6-14(2)18(22)19-16-7-4-5-8-17(16)20-11-9-15(13-21)10-12-20/h4-5,7-8,14-15,21H,3,6,9-13H2,1-2H3,(H,19,22). The van der Waals surface area contributed by atoms with Gasteiger partial charge in [-0.05, 0) is 37.3 Å². The Morgan fingerprint density at radius 1 is 1.36 bits per heavy atom. The quantitative estimate of drug-likeness (QED) is 0.848. The summed E-state index contributed by atoms with van der Waals surface area (Å²) in [5, 5.41) is 12.3. The number of anilines is 2. The lowest BCUT2D eigenvalue weighted by Crippen LogP contribution is -2.35. The minimum Gasteiger partial charge on any atom is -0.396 e. The molecular formula is C18H28N2O2. The van der Waals surface area contributed by atoms with Gasteiger partial charge in [-0.2, -0.15) is 0 Å². The van der Waals surface area contributed by atoms with Crippen LogP contribution in [0.4, 0.5) is 11.4 Å². The second kappa shape index (κ2) is 8.18. The maximum atomic E-state index is 12.3. The van der Waals surface area contributed by atoms with E-state index < -0.39 is 0 Å². The minimum absolute atomic E-state index is 0.0400. The van der Waals surface area contributed by atoms with Gasteiger partial charge in [0.25, 0.3) is 0 Å². The van der Waals surface area contributed by atoms with Crippen molar-refractivity contribution < 1.29 is 9.90 Å². The fourth-order valence-electron chi connectivity index (χ4n) is 3.03. The molecule has 1 amide bonds. The molecule has 0 saturated carbocycles. The van der Waals surface area contributed by atoms with Gasteiger partial charge in [0.2, 0.25) is 5.91 Å². The second-order valence-corrected chi connectivity index (χ2v) is 6.31. The number of rotatable bonds is 6. The molecule has 2 rings (SSSR count). The van der Waals surface area contributed by atoms with Crippen molar-refractivity contribution in [3.8, 4) is 0 Å². The average Bonchev–Trinajstić information content (AvgIpc) is 2.55. The molecule has 1 unspecified atom stereocenters. The van der Waals surface area contributed by atoms with Crippen LogP contribution in [0.5, 0.6) is 0 Å². The number of aliphatic hydroxyl groups is 1. The van der Waals surface area contributed by atoms with Crippen LogP contribution in [0.15, 0.2) is 24.3 Å². The van der Waals surface area contributed by atoms with E-state index in [0.29, 0.717) is 5.92 Å². The first-order chi connectivity index (χ1) is 10.7. The third kappa shape index (κ3) is 4.23. The molecule has 0 spiro atoms. The monoisotopic (exact) mass is 304 g/mol. The maximum Gasteiger partial charge on any atom is 0.227 e. The molecule has 1 atom stereocenters. The highest BCUT2D eigenvalue weighted by Gasteiger charge is 2.21. The lowest BCUT2D eigenvalue weighted by Gasteiger charge is -2.34. The number of hydrogen-bond acceptors (Lipinski definition) is 3. The number of nitrogens with zero attached hydrogens (tertiary/aromatic N) is 1. The smallest absolute Gasteiger partial charge is 0.227 e. The van der Waals surface area contributed by atoms with Crippen LogP contribution in [0.2, 0.25) is 0 Å². The molecule has 4 nitrogen and oxygen atoms in total. The van der Waals surface area contributed by atoms with Gasteiger partial charge in [0, 0.05) is 25.6 Å². The second-order valence-electron chi connectivity index (χ2n) is 6.31. The van der Waals surface area contributed by atoms with Crippen molar-refractivity contribution in [2.24, 2.45) is 11.8 Å². The number of aliphatic hydroxyl groups excluding tert-OH is 1. The fourth-order valence-corrected chi connectivity index (χ4v) is 3.03. The number of hydrogen-bond donors (Lipinski definition) is 2. The van der Waals surface area contributed by atoms with E-state index in [4.69, 9.17) is 0 Å².